The molecule has 1 aromatic rings. The molecule has 0 bridgehead atoms. The Balaban J connectivity index is 2.19. The molecule has 2 rings (SSSR count). The van der Waals surface area contributed by atoms with Crippen molar-refractivity contribution >= 4 is 17.6 Å². The van der Waals surface area contributed by atoms with Crippen molar-refractivity contribution < 1.29 is 24.2 Å². The highest BCUT2D eigenvalue weighted by molar-refractivity contribution is 6.00. The SMILES string of the molecule is CCOc1ccc(OCC)c(NC(=O)[C@@H]2[C@H](C(=O)O)C2(C)C)c1. The standard InChI is InChI=1S/C17H23NO5/c1-5-22-10-7-8-12(23-6-2)11(9-10)18-15(19)13-14(16(20)21)17(13,3)4/h7-9,13-14H,5-6H2,1-4H3,(H,18,19)(H,20,21)/t13-,14+/m0/s1. The van der Waals surface area contributed by atoms with Crippen LogP contribution in [0.5, 0.6) is 11.5 Å². The second-order valence-electron chi connectivity index (χ2n) is 6.13. The first kappa shape index (κ1) is 17.1. The van der Waals surface area contributed by atoms with Crippen LogP contribution in [0.2, 0.25) is 0 Å². The Bertz CT molecular complexity index is 611. The third-order valence-corrected chi connectivity index (χ3v) is 4.20. The highest BCUT2D eigenvalue weighted by Crippen LogP contribution is 2.58. The van der Waals surface area contributed by atoms with Crippen molar-refractivity contribution in [2.45, 2.75) is 27.7 Å². The van der Waals surface area contributed by atoms with Crippen LogP contribution in [0.15, 0.2) is 18.2 Å². The number of aliphatic carboxylic acids is 1. The first-order valence-electron chi connectivity index (χ1n) is 7.76. The number of rotatable bonds is 7. The van der Waals surface area contributed by atoms with Crippen LogP contribution in [0.1, 0.15) is 27.7 Å². The molecule has 0 aromatic heterocycles. The normalized spacial score (nSPS) is 21.4. The van der Waals surface area contributed by atoms with Crippen molar-refractivity contribution in [1.29, 1.82) is 0 Å². The van der Waals surface area contributed by atoms with Gasteiger partial charge < -0.3 is 19.9 Å². The maximum atomic E-state index is 12.5. The molecule has 0 heterocycles. The van der Waals surface area contributed by atoms with Crippen molar-refractivity contribution in [3.63, 3.8) is 0 Å². The first-order valence-corrected chi connectivity index (χ1v) is 7.76. The zero-order valence-corrected chi connectivity index (χ0v) is 13.9. The lowest BCUT2D eigenvalue weighted by Crippen LogP contribution is -2.18. The minimum atomic E-state index is -0.941. The Morgan fingerprint density at radius 2 is 1.83 bits per heavy atom. The molecule has 6 heteroatoms. The summed E-state index contributed by atoms with van der Waals surface area (Å²) in [6.07, 6.45) is 0. The van der Waals surface area contributed by atoms with Gasteiger partial charge in [-0.15, -0.1) is 0 Å². The molecule has 0 saturated heterocycles. The second kappa shape index (κ2) is 6.48. The summed E-state index contributed by atoms with van der Waals surface area (Å²) in [5, 5.41) is 12.0. The van der Waals surface area contributed by atoms with Gasteiger partial charge in [-0.05, 0) is 31.4 Å². The maximum Gasteiger partial charge on any atom is 0.307 e. The molecule has 2 atom stereocenters. The molecule has 0 unspecified atom stereocenters. The Labute approximate surface area is 135 Å². The Morgan fingerprint density at radius 3 is 2.35 bits per heavy atom. The van der Waals surface area contributed by atoms with Gasteiger partial charge in [0.15, 0.2) is 0 Å². The summed E-state index contributed by atoms with van der Waals surface area (Å²) in [6.45, 7) is 8.28. The van der Waals surface area contributed by atoms with E-state index in [-0.39, 0.29) is 5.91 Å². The van der Waals surface area contributed by atoms with Crippen molar-refractivity contribution in [2.24, 2.45) is 17.3 Å². The van der Waals surface area contributed by atoms with Crippen LogP contribution >= 0.6 is 0 Å². The van der Waals surface area contributed by atoms with Gasteiger partial charge in [0.25, 0.3) is 0 Å². The lowest BCUT2D eigenvalue weighted by atomic mass is 10.1. The van der Waals surface area contributed by atoms with Crippen LogP contribution in [0.3, 0.4) is 0 Å². The van der Waals surface area contributed by atoms with Gasteiger partial charge in [0.05, 0.1) is 30.7 Å². The van der Waals surface area contributed by atoms with Crippen LogP contribution in [0.25, 0.3) is 0 Å². The van der Waals surface area contributed by atoms with E-state index in [2.05, 4.69) is 5.32 Å². The van der Waals surface area contributed by atoms with E-state index in [1.165, 1.54) is 0 Å². The number of carboxylic acid groups (broad SMARTS) is 1. The third-order valence-electron chi connectivity index (χ3n) is 4.20. The first-order chi connectivity index (χ1) is 10.8. The maximum absolute atomic E-state index is 12.5. The second-order valence-corrected chi connectivity index (χ2v) is 6.13. The summed E-state index contributed by atoms with van der Waals surface area (Å²) in [4.78, 5) is 23.7. The van der Waals surface area contributed by atoms with Crippen molar-refractivity contribution in [3.05, 3.63) is 18.2 Å². The zero-order valence-electron chi connectivity index (χ0n) is 13.9. The van der Waals surface area contributed by atoms with Gasteiger partial charge in [0.1, 0.15) is 11.5 Å². The van der Waals surface area contributed by atoms with Gasteiger partial charge in [-0.1, -0.05) is 13.8 Å². The number of benzene rings is 1. The monoisotopic (exact) mass is 321 g/mol. The number of anilines is 1. The van der Waals surface area contributed by atoms with Crippen LogP contribution in [-0.4, -0.2) is 30.2 Å². The van der Waals surface area contributed by atoms with Crippen LogP contribution in [0.4, 0.5) is 5.69 Å². The number of amides is 1. The molecule has 6 nitrogen and oxygen atoms in total. The Hall–Kier alpha value is -2.24. The molecule has 2 N–H and O–H groups in total. The Morgan fingerprint density at radius 1 is 1.17 bits per heavy atom. The molecule has 0 aliphatic heterocycles. The molecule has 1 aromatic carbocycles. The van der Waals surface area contributed by atoms with E-state index >= 15 is 0 Å². The Kier molecular flexibility index (Phi) is 4.82. The van der Waals surface area contributed by atoms with E-state index in [4.69, 9.17) is 9.47 Å². The molecule has 23 heavy (non-hydrogen) atoms. The lowest BCUT2D eigenvalue weighted by Gasteiger charge is -2.14. The molecule has 1 saturated carbocycles. The average Bonchev–Trinajstić information content (AvgIpc) is 3.05. The molecule has 0 spiro atoms. The summed E-state index contributed by atoms with van der Waals surface area (Å²) < 4.78 is 10.9. The van der Waals surface area contributed by atoms with E-state index in [9.17, 15) is 14.7 Å². The van der Waals surface area contributed by atoms with Gasteiger partial charge in [-0.2, -0.15) is 0 Å². The molecule has 1 fully saturated rings. The number of hydrogen-bond acceptors (Lipinski definition) is 4. The van der Waals surface area contributed by atoms with Crippen LogP contribution in [-0.2, 0) is 9.59 Å². The zero-order chi connectivity index (χ0) is 17.2. The van der Waals surface area contributed by atoms with Crippen molar-refractivity contribution in [1.82, 2.24) is 0 Å². The lowest BCUT2D eigenvalue weighted by molar-refractivity contribution is -0.140. The van der Waals surface area contributed by atoms with Gasteiger partial charge in [0, 0.05) is 6.07 Å². The van der Waals surface area contributed by atoms with Crippen LogP contribution in [0, 0.1) is 17.3 Å². The van der Waals surface area contributed by atoms with Gasteiger partial charge >= 0.3 is 5.97 Å². The summed E-state index contributed by atoms with van der Waals surface area (Å²) >= 11 is 0. The van der Waals surface area contributed by atoms with Crippen LogP contribution < -0.4 is 14.8 Å². The van der Waals surface area contributed by atoms with E-state index in [0.717, 1.165) is 0 Å². The smallest absolute Gasteiger partial charge is 0.307 e. The number of ether oxygens (including phenoxy) is 2. The molecule has 1 amide bonds. The summed E-state index contributed by atoms with van der Waals surface area (Å²) in [7, 11) is 0. The minimum Gasteiger partial charge on any atom is -0.494 e. The number of carboxylic acids is 1. The fourth-order valence-corrected chi connectivity index (χ4v) is 2.94. The predicted molar refractivity (Wildman–Crippen MR) is 85.8 cm³/mol. The fourth-order valence-electron chi connectivity index (χ4n) is 2.94. The van der Waals surface area contributed by atoms with Gasteiger partial charge in [0.2, 0.25) is 5.91 Å². The largest absolute Gasteiger partial charge is 0.494 e. The molecule has 1 aliphatic carbocycles. The fraction of sp³-hybridized carbons (Fsp3) is 0.529. The number of carbonyl (C=O) groups excluding carboxylic acids is 1. The topological polar surface area (TPSA) is 84.9 Å². The molecule has 0 radical (unpaired) electrons. The summed E-state index contributed by atoms with van der Waals surface area (Å²) in [5.74, 6) is -1.30. The summed E-state index contributed by atoms with van der Waals surface area (Å²) in [5.41, 5.74) is -0.0474. The van der Waals surface area contributed by atoms with E-state index in [1.54, 1.807) is 32.0 Å². The van der Waals surface area contributed by atoms with E-state index in [1.807, 2.05) is 13.8 Å². The number of carbonyl (C=O) groups is 2. The number of nitrogens with one attached hydrogen (secondary N) is 1. The average molecular weight is 321 g/mol. The van der Waals surface area contributed by atoms with E-state index < -0.39 is 23.2 Å². The minimum absolute atomic E-state index is 0.308. The molecular formula is C17H23NO5. The highest BCUT2D eigenvalue weighted by atomic mass is 16.5. The van der Waals surface area contributed by atoms with Crippen molar-refractivity contribution in [3.8, 4) is 11.5 Å². The van der Waals surface area contributed by atoms with Gasteiger partial charge in [-0.3, -0.25) is 9.59 Å². The third kappa shape index (κ3) is 3.41. The molecular weight excluding hydrogens is 298 g/mol. The quantitative estimate of drug-likeness (QED) is 0.806. The van der Waals surface area contributed by atoms with E-state index in [0.29, 0.717) is 30.4 Å². The molecule has 1 aliphatic rings. The van der Waals surface area contributed by atoms with Crippen molar-refractivity contribution in [2.75, 3.05) is 18.5 Å². The number of hydrogen-bond donors (Lipinski definition) is 2. The van der Waals surface area contributed by atoms with Gasteiger partial charge in [-0.25, -0.2) is 0 Å². The predicted octanol–water partition coefficient (Wildman–Crippen LogP) is 2.78. The highest BCUT2D eigenvalue weighted by Gasteiger charge is 2.65. The summed E-state index contributed by atoms with van der Waals surface area (Å²) in [6, 6.07) is 5.19. The molecule has 126 valence electrons.